The summed E-state index contributed by atoms with van der Waals surface area (Å²) in [6.45, 7) is 4.68. The minimum absolute atomic E-state index is 0.342. The summed E-state index contributed by atoms with van der Waals surface area (Å²) in [4.78, 5) is 6.71. The fourth-order valence-electron chi connectivity index (χ4n) is 2.49. The topological polar surface area (TPSA) is 60.0 Å². The summed E-state index contributed by atoms with van der Waals surface area (Å²) >= 11 is 3.41. The zero-order valence-corrected chi connectivity index (χ0v) is 12.4. The van der Waals surface area contributed by atoms with Gasteiger partial charge in [0, 0.05) is 12.7 Å². The number of piperidine rings is 1. The van der Waals surface area contributed by atoms with Gasteiger partial charge >= 0.3 is 0 Å². The van der Waals surface area contributed by atoms with Crippen molar-refractivity contribution in [3.05, 3.63) is 28.6 Å². The first-order valence-electron chi connectivity index (χ1n) is 6.41. The molecule has 1 fully saturated rings. The molecule has 0 aliphatic carbocycles. The van der Waals surface area contributed by atoms with Gasteiger partial charge < -0.3 is 4.52 Å². The Hall–Kier alpha value is -1.21. The van der Waals surface area contributed by atoms with Crippen molar-refractivity contribution in [3.63, 3.8) is 0 Å². The summed E-state index contributed by atoms with van der Waals surface area (Å²) in [6, 6.07) is 0. The molecule has 0 amide bonds. The number of likely N-dealkylation sites (tertiary alicyclic amines) is 1. The predicted octanol–water partition coefficient (Wildman–Crippen LogP) is 2.17. The van der Waals surface area contributed by atoms with Crippen LogP contribution in [0, 0.1) is 6.92 Å². The van der Waals surface area contributed by atoms with Gasteiger partial charge in [0.25, 0.3) is 0 Å². The van der Waals surface area contributed by atoms with Gasteiger partial charge in [0.05, 0.1) is 23.3 Å². The van der Waals surface area contributed by atoms with Crippen LogP contribution in [0.2, 0.25) is 0 Å². The number of aromatic nitrogens is 4. The highest BCUT2D eigenvalue weighted by Crippen LogP contribution is 2.25. The molecule has 0 bridgehead atoms. The van der Waals surface area contributed by atoms with Gasteiger partial charge in [-0.2, -0.15) is 10.1 Å². The van der Waals surface area contributed by atoms with E-state index in [0.29, 0.717) is 11.7 Å². The minimum Gasteiger partial charge on any atom is -0.339 e. The minimum atomic E-state index is 0.342. The molecule has 3 heterocycles. The third-order valence-electron chi connectivity index (χ3n) is 3.34. The van der Waals surface area contributed by atoms with E-state index in [2.05, 4.69) is 36.1 Å². The molecule has 1 aliphatic rings. The molecule has 102 valence electrons. The van der Waals surface area contributed by atoms with Crippen molar-refractivity contribution in [2.45, 2.75) is 32.4 Å². The second-order valence-corrected chi connectivity index (χ2v) is 5.85. The fraction of sp³-hybridized carbons (Fsp3) is 0.583. The molecule has 0 N–H and O–H groups in total. The molecule has 1 saturated heterocycles. The highest BCUT2D eigenvalue weighted by Gasteiger charge is 2.25. The van der Waals surface area contributed by atoms with Crippen LogP contribution in [-0.2, 0) is 6.67 Å². The van der Waals surface area contributed by atoms with Gasteiger partial charge in [-0.25, -0.2) is 0 Å². The first kappa shape index (κ1) is 12.8. The summed E-state index contributed by atoms with van der Waals surface area (Å²) in [7, 11) is 0. The monoisotopic (exact) mass is 325 g/mol. The average Bonchev–Trinajstić information content (AvgIpc) is 2.99. The van der Waals surface area contributed by atoms with Crippen molar-refractivity contribution in [2.24, 2.45) is 0 Å². The van der Waals surface area contributed by atoms with Crippen molar-refractivity contribution in [2.75, 3.05) is 13.1 Å². The Bertz CT molecular complexity index is 552. The maximum Gasteiger partial charge on any atom is 0.231 e. The summed E-state index contributed by atoms with van der Waals surface area (Å²) < 4.78 is 8.23. The van der Waals surface area contributed by atoms with Gasteiger partial charge in [-0.1, -0.05) is 5.16 Å². The third-order valence-corrected chi connectivity index (χ3v) is 3.75. The molecule has 0 unspecified atom stereocenters. The molecule has 3 rings (SSSR count). The standard InChI is InChI=1S/C12H16BrN5O/c1-9-15-12(19-16-9)10-3-2-4-17(6-10)8-18-7-11(13)5-14-18/h5,7,10H,2-4,6,8H2,1H3/t10-/m1/s1. The van der Waals surface area contributed by atoms with Crippen LogP contribution in [0.5, 0.6) is 0 Å². The number of hydrogen-bond acceptors (Lipinski definition) is 5. The molecule has 0 spiro atoms. The lowest BCUT2D eigenvalue weighted by Crippen LogP contribution is -2.36. The fourth-order valence-corrected chi connectivity index (χ4v) is 2.81. The third kappa shape index (κ3) is 3.03. The van der Waals surface area contributed by atoms with Gasteiger partial charge in [0.15, 0.2) is 5.82 Å². The van der Waals surface area contributed by atoms with E-state index in [1.165, 1.54) is 0 Å². The molecule has 0 saturated carbocycles. The van der Waals surface area contributed by atoms with Crippen LogP contribution >= 0.6 is 15.9 Å². The van der Waals surface area contributed by atoms with Crippen molar-refractivity contribution in [1.29, 1.82) is 0 Å². The van der Waals surface area contributed by atoms with E-state index >= 15 is 0 Å². The summed E-state index contributed by atoms with van der Waals surface area (Å²) in [5.41, 5.74) is 0. The molecule has 0 radical (unpaired) electrons. The van der Waals surface area contributed by atoms with E-state index in [1.54, 1.807) is 0 Å². The number of rotatable bonds is 3. The van der Waals surface area contributed by atoms with Crippen molar-refractivity contribution >= 4 is 15.9 Å². The summed E-state index contributed by atoms with van der Waals surface area (Å²) in [5, 5.41) is 8.16. The number of halogens is 1. The van der Waals surface area contributed by atoms with Crippen LogP contribution in [0.4, 0.5) is 0 Å². The molecule has 7 heteroatoms. The molecule has 2 aromatic rings. The van der Waals surface area contributed by atoms with Gasteiger partial charge in [-0.05, 0) is 42.2 Å². The van der Waals surface area contributed by atoms with Gasteiger partial charge in [-0.3, -0.25) is 9.58 Å². The van der Waals surface area contributed by atoms with Crippen LogP contribution in [-0.4, -0.2) is 37.9 Å². The van der Waals surface area contributed by atoms with Crippen molar-refractivity contribution in [3.8, 4) is 0 Å². The van der Waals surface area contributed by atoms with Crippen LogP contribution in [0.1, 0.15) is 30.5 Å². The Labute approximate surface area is 119 Å². The van der Waals surface area contributed by atoms with Gasteiger partial charge in [-0.15, -0.1) is 0 Å². The Balaban J connectivity index is 1.64. The van der Waals surface area contributed by atoms with E-state index in [1.807, 2.05) is 24.0 Å². The van der Waals surface area contributed by atoms with Crippen LogP contribution < -0.4 is 0 Å². The lowest BCUT2D eigenvalue weighted by atomic mass is 9.98. The van der Waals surface area contributed by atoms with Crippen molar-refractivity contribution < 1.29 is 4.52 Å². The van der Waals surface area contributed by atoms with Crippen LogP contribution in [0.15, 0.2) is 21.4 Å². The Kier molecular flexibility index (Phi) is 3.65. The van der Waals surface area contributed by atoms with Crippen LogP contribution in [0.3, 0.4) is 0 Å². The van der Waals surface area contributed by atoms with Gasteiger partial charge in [0.2, 0.25) is 5.89 Å². The van der Waals surface area contributed by atoms with E-state index in [0.717, 1.165) is 43.0 Å². The Morgan fingerprint density at radius 2 is 2.42 bits per heavy atom. The highest BCUT2D eigenvalue weighted by molar-refractivity contribution is 9.10. The molecular weight excluding hydrogens is 310 g/mol. The summed E-state index contributed by atoms with van der Waals surface area (Å²) in [5.74, 6) is 1.82. The Morgan fingerprint density at radius 1 is 1.53 bits per heavy atom. The smallest absolute Gasteiger partial charge is 0.231 e. The second kappa shape index (κ2) is 5.42. The maximum atomic E-state index is 5.29. The largest absolute Gasteiger partial charge is 0.339 e. The van der Waals surface area contributed by atoms with Crippen LogP contribution in [0.25, 0.3) is 0 Å². The molecular formula is C12H16BrN5O. The first-order valence-corrected chi connectivity index (χ1v) is 7.20. The lowest BCUT2D eigenvalue weighted by Gasteiger charge is -2.30. The van der Waals surface area contributed by atoms with E-state index in [-0.39, 0.29) is 0 Å². The van der Waals surface area contributed by atoms with E-state index in [9.17, 15) is 0 Å². The zero-order valence-electron chi connectivity index (χ0n) is 10.8. The zero-order chi connectivity index (χ0) is 13.2. The maximum absolute atomic E-state index is 5.29. The van der Waals surface area contributed by atoms with E-state index < -0.39 is 0 Å². The lowest BCUT2D eigenvalue weighted by molar-refractivity contribution is 0.144. The first-order chi connectivity index (χ1) is 9.20. The molecule has 0 aromatic carbocycles. The Morgan fingerprint density at radius 3 is 3.11 bits per heavy atom. The molecule has 19 heavy (non-hydrogen) atoms. The predicted molar refractivity (Wildman–Crippen MR) is 72.5 cm³/mol. The highest BCUT2D eigenvalue weighted by atomic mass is 79.9. The number of hydrogen-bond donors (Lipinski definition) is 0. The van der Waals surface area contributed by atoms with Crippen molar-refractivity contribution in [1.82, 2.24) is 24.8 Å². The normalized spacial score (nSPS) is 20.8. The molecule has 6 nitrogen and oxygen atoms in total. The second-order valence-electron chi connectivity index (χ2n) is 4.94. The van der Waals surface area contributed by atoms with Gasteiger partial charge in [0.1, 0.15) is 0 Å². The SMILES string of the molecule is Cc1noc([C@@H]2CCCN(Cn3cc(Br)cn3)C2)n1. The molecule has 1 atom stereocenters. The molecule has 1 aliphatic heterocycles. The van der Waals surface area contributed by atoms with E-state index in [4.69, 9.17) is 4.52 Å². The molecule has 2 aromatic heterocycles. The summed E-state index contributed by atoms with van der Waals surface area (Å²) in [6.07, 6.45) is 6.05. The number of aryl methyl sites for hydroxylation is 1. The number of nitrogens with zero attached hydrogens (tertiary/aromatic N) is 5. The quantitative estimate of drug-likeness (QED) is 0.865. The average molecular weight is 326 g/mol.